The predicted molar refractivity (Wildman–Crippen MR) is 64.7 cm³/mol. The Morgan fingerprint density at radius 1 is 1.54 bits per heavy atom. The topological polar surface area (TPSA) is 9.23 Å². The largest absolute Gasteiger partial charge is 0.385 e. The number of rotatable bonds is 6. The van der Waals surface area contributed by atoms with E-state index in [2.05, 4.69) is 28.1 Å². The number of halogens is 1. The lowest BCUT2D eigenvalue weighted by Crippen LogP contribution is -1.90. The zero-order valence-corrected chi connectivity index (χ0v) is 10.8. The standard InChI is InChI=1S/C9H13BrOS2/c1-11-5-2-6-12-7-8-3-4-9(10)13-8/h3-4H,2,5-7H2,1H3. The average molecular weight is 281 g/mol. The van der Waals surface area contributed by atoms with Crippen LogP contribution in [0.2, 0.25) is 0 Å². The summed E-state index contributed by atoms with van der Waals surface area (Å²) in [7, 11) is 1.75. The monoisotopic (exact) mass is 280 g/mol. The number of hydrogen-bond donors (Lipinski definition) is 0. The molecule has 0 amide bonds. The van der Waals surface area contributed by atoms with Gasteiger partial charge in [-0.25, -0.2) is 0 Å². The Morgan fingerprint density at radius 3 is 3.00 bits per heavy atom. The summed E-state index contributed by atoms with van der Waals surface area (Å²) in [5.74, 6) is 2.31. The fourth-order valence-electron chi connectivity index (χ4n) is 0.907. The Hall–Kier alpha value is 0.490. The fourth-order valence-corrected chi connectivity index (χ4v) is 3.44. The van der Waals surface area contributed by atoms with Crippen molar-refractivity contribution in [3.8, 4) is 0 Å². The van der Waals surface area contributed by atoms with Crippen molar-refractivity contribution in [2.45, 2.75) is 12.2 Å². The SMILES string of the molecule is COCCCSCc1ccc(Br)s1. The lowest BCUT2D eigenvalue weighted by atomic mass is 10.5. The normalized spacial score (nSPS) is 10.6. The molecule has 0 spiro atoms. The van der Waals surface area contributed by atoms with Crippen molar-refractivity contribution in [1.82, 2.24) is 0 Å². The molecule has 0 aliphatic carbocycles. The van der Waals surface area contributed by atoms with Gasteiger partial charge in [0.2, 0.25) is 0 Å². The molecule has 13 heavy (non-hydrogen) atoms. The molecule has 1 nitrogen and oxygen atoms in total. The van der Waals surface area contributed by atoms with Crippen LogP contribution >= 0.6 is 39.0 Å². The summed E-state index contributed by atoms with van der Waals surface area (Å²) in [5.41, 5.74) is 0. The molecule has 0 saturated carbocycles. The molecule has 0 N–H and O–H groups in total. The van der Waals surface area contributed by atoms with Crippen LogP contribution < -0.4 is 0 Å². The summed E-state index contributed by atoms with van der Waals surface area (Å²) in [4.78, 5) is 1.44. The van der Waals surface area contributed by atoms with E-state index in [4.69, 9.17) is 4.74 Å². The minimum absolute atomic E-state index is 0.876. The van der Waals surface area contributed by atoms with Crippen molar-refractivity contribution in [3.63, 3.8) is 0 Å². The van der Waals surface area contributed by atoms with Gasteiger partial charge in [-0.05, 0) is 40.2 Å². The van der Waals surface area contributed by atoms with Gasteiger partial charge in [0.1, 0.15) is 0 Å². The molecule has 4 heteroatoms. The van der Waals surface area contributed by atoms with Gasteiger partial charge in [0.05, 0.1) is 3.79 Å². The summed E-state index contributed by atoms with van der Waals surface area (Å²) >= 11 is 7.24. The van der Waals surface area contributed by atoms with Crippen molar-refractivity contribution in [2.75, 3.05) is 19.5 Å². The van der Waals surface area contributed by atoms with Crippen LogP contribution in [0.5, 0.6) is 0 Å². The molecule has 0 bridgehead atoms. The molecule has 74 valence electrons. The minimum Gasteiger partial charge on any atom is -0.385 e. The van der Waals surface area contributed by atoms with E-state index in [0.29, 0.717) is 0 Å². The summed E-state index contributed by atoms with van der Waals surface area (Å²) in [6.07, 6.45) is 1.15. The van der Waals surface area contributed by atoms with Gasteiger partial charge >= 0.3 is 0 Å². The van der Waals surface area contributed by atoms with Gasteiger partial charge in [-0.3, -0.25) is 0 Å². The van der Waals surface area contributed by atoms with Gasteiger partial charge in [0.15, 0.2) is 0 Å². The molecule has 1 heterocycles. The van der Waals surface area contributed by atoms with E-state index in [1.54, 1.807) is 7.11 Å². The number of thiophene rings is 1. The van der Waals surface area contributed by atoms with Gasteiger partial charge in [-0.15, -0.1) is 11.3 Å². The van der Waals surface area contributed by atoms with Crippen LogP contribution in [-0.2, 0) is 10.5 Å². The van der Waals surface area contributed by atoms with E-state index in [1.807, 2.05) is 23.1 Å². The maximum atomic E-state index is 4.98. The van der Waals surface area contributed by atoms with E-state index in [1.165, 1.54) is 14.4 Å². The van der Waals surface area contributed by atoms with Crippen molar-refractivity contribution in [1.29, 1.82) is 0 Å². The summed E-state index contributed by atoms with van der Waals surface area (Å²) in [5, 5.41) is 0. The molecule has 1 aromatic heterocycles. The molecule has 0 fully saturated rings. The number of hydrogen-bond acceptors (Lipinski definition) is 3. The Balaban J connectivity index is 2.06. The fraction of sp³-hybridized carbons (Fsp3) is 0.556. The zero-order valence-electron chi connectivity index (χ0n) is 7.59. The molecule has 1 rings (SSSR count). The third-order valence-corrected chi connectivity index (χ3v) is 4.41. The summed E-state index contributed by atoms with van der Waals surface area (Å²) < 4.78 is 6.20. The second kappa shape index (κ2) is 6.87. The van der Waals surface area contributed by atoms with Crippen LogP contribution in [0, 0.1) is 0 Å². The van der Waals surface area contributed by atoms with E-state index < -0.39 is 0 Å². The van der Waals surface area contributed by atoms with Gasteiger partial charge in [-0.1, -0.05) is 0 Å². The molecule has 0 aliphatic rings. The number of methoxy groups -OCH3 is 1. The van der Waals surface area contributed by atoms with Crippen LogP contribution in [-0.4, -0.2) is 19.5 Å². The molecular formula is C9H13BrOS2. The Labute approximate surface area is 96.0 Å². The zero-order chi connectivity index (χ0) is 9.52. The third kappa shape index (κ3) is 5.05. The molecule has 0 aliphatic heterocycles. The minimum atomic E-state index is 0.876. The van der Waals surface area contributed by atoms with Crippen LogP contribution in [0.3, 0.4) is 0 Å². The second-order valence-electron chi connectivity index (χ2n) is 2.60. The highest BCUT2D eigenvalue weighted by molar-refractivity contribution is 9.11. The Kier molecular flexibility index (Phi) is 6.11. The first kappa shape index (κ1) is 11.6. The van der Waals surface area contributed by atoms with Crippen molar-refractivity contribution in [3.05, 3.63) is 20.8 Å². The first-order valence-electron chi connectivity index (χ1n) is 4.14. The Bertz CT molecular complexity index is 237. The first-order chi connectivity index (χ1) is 6.33. The van der Waals surface area contributed by atoms with Crippen molar-refractivity contribution < 1.29 is 4.74 Å². The lowest BCUT2D eigenvalue weighted by molar-refractivity contribution is 0.200. The van der Waals surface area contributed by atoms with E-state index >= 15 is 0 Å². The maximum Gasteiger partial charge on any atom is 0.0701 e. The predicted octanol–water partition coefficient (Wildman–Crippen LogP) is 3.78. The van der Waals surface area contributed by atoms with Crippen LogP contribution in [0.15, 0.2) is 15.9 Å². The molecule has 1 aromatic rings. The quantitative estimate of drug-likeness (QED) is 0.734. The maximum absolute atomic E-state index is 4.98. The van der Waals surface area contributed by atoms with Gasteiger partial charge in [-0.2, -0.15) is 11.8 Å². The smallest absolute Gasteiger partial charge is 0.0701 e. The van der Waals surface area contributed by atoms with E-state index in [9.17, 15) is 0 Å². The number of thioether (sulfide) groups is 1. The van der Waals surface area contributed by atoms with Crippen LogP contribution in [0.25, 0.3) is 0 Å². The molecule has 0 aromatic carbocycles. The van der Waals surface area contributed by atoms with Gasteiger partial charge in [0.25, 0.3) is 0 Å². The molecule has 0 radical (unpaired) electrons. The summed E-state index contributed by atoms with van der Waals surface area (Å²) in [6.45, 7) is 0.876. The van der Waals surface area contributed by atoms with Gasteiger partial charge < -0.3 is 4.74 Å². The molecule has 0 saturated heterocycles. The molecule has 0 atom stereocenters. The van der Waals surface area contributed by atoms with Crippen molar-refractivity contribution >= 4 is 39.0 Å². The molecule has 0 unspecified atom stereocenters. The van der Waals surface area contributed by atoms with E-state index in [-0.39, 0.29) is 0 Å². The summed E-state index contributed by atoms with van der Waals surface area (Å²) in [6, 6.07) is 4.29. The highest BCUT2D eigenvalue weighted by Crippen LogP contribution is 2.25. The van der Waals surface area contributed by atoms with Crippen molar-refractivity contribution in [2.24, 2.45) is 0 Å². The van der Waals surface area contributed by atoms with Gasteiger partial charge in [0, 0.05) is 24.3 Å². The Morgan fingerprint density at radius 2 is 2.38 bits per heavy atom. The van der Waals surface area contributed by atoms with Crippen LogP contribution in [0.4, 0.5) is 0 Å². The third-order valence-electron chi connectivity index (χ3n) is 1.51. The van der Waals surface area contributed by atoms with Crippen LogP contribution in [0.1, 0.15) is 11.3 Å². The lowest BCUT2D eigenvalue weighted by Gasteiger charge is -1.98. The highest BCUT2D eigenvalue weighted by atomic mass is 79.9. The first-order valence-corrected chi connectivity index (χ1v) is 6.90. The number of ether oxygens (including phenoxy) is 1. The highest BCUT2D eigenvalue weighted by Gasteiger charge is 1.97. The van der Waals surface area contributed by atoms with E-state index in [0.717, 1.165) is 18.8 Å². The molecular weight excluding hydrogens is 268 g/mol. The second-order valence-corrected chi connectivity index (χ2v) is 6.26. The average Bonchev–Trinajstić information content (AvgIpc) is 2.51.